The molecule has 0 aliphatic rings. The minimum atomic E-state index is 0.619. The van der Waals surface area contributed by atoms with E-state index in [0.717, 1.165) is 12.1 Å². The second kappa shape index (κ2) is 2.53. The fraction of sp³-hybridized carbons (Fsp3) is 0.333. The van der Waals surface area contributed by atoms with Gasteiger partial charge in [-0.25, -0.2) is 0 Å². The predicted molar refractivity (Wildman–Crippen MR) is 34.2 cm³/mol. The van der Waals surface area contributed by atoms with Crippen molar-refractivity contribution >= 4 is 0 Å². The summed E-state index contributed by atoms with van der Waals surface area (Å²) in [7, 11) is 1.59. The van der Waals surface area contributed by atoms with Crippen molar-refractivity contribution < 1.29 is 4.74 Å². The SMILES string of the molecule is [CH2]Cc1cc(OC)n[nH]1. The minimum absolute atomic E-state index is 0.619. The van der Waals surface area contributed by atoms with Crippen molar-refractivity contribution in [2.24, 2.45) is 0 Å². The number of ether oxygens (including phenoxy) is 1. The van der Waals surface area contributed by atoms with Gasteiger partial charge in [0.25, 0.3) is 0 Å². The third-order valence-corrected chi connectivity index (χ3v) is 1.09. The van der Waals surface area contributed by atoms with Crippen molar-refractivity contribution in [1.29, 1.82) is 0 Å². The largest absolute Gasteiger partial charge is 0.480 e. The Hall–Kier alpha value is -0.990. The van der Waals surface area contributed by atoms with E-state index in [1.165, 1.54) is 0 Å². The Kier molecular flexibility index (Phi) is 1.72. The Morgan fingerprint density at radius 2 is 2.67 bits per heavy atom. The molecule has 0 saturated heterocycles. The lowest BCUT2D eigenvalue weighted by atomic mass is 10.3. The molecule has 0 aliphatic heterocycles. The second-order valence-corrected chi connectivity index (χ2v) is 1.69. The highest BCUT2D eigenvalue weighted by Gasteiger charge is 1.95. The van der Waals surface area contributed by atoms with E-state index in [2.05, 4.69) is 17.1 Å². The first-order valence-electron chi connectivity index (χ1n) is 2.74. The van der Waals surface area contributed by atoms with Crippen molar-refractivity contribution in [1.82, 2.24) is 10.2 Å². The molecule has 0 bridgehead atoms. The van der Waals surface area contributed by atoms with Crippen LogP contribution < -0.4 is 4.74 Å². The Labute approximate surface area is 54.0 Å². The highest BCUT2D eigenvalue weighted by Crippen LogP contribution is 2.06. The normalized spacial score (nSPS) is 9.56. The Bertz CT molecular complexity index is 164. The van der Waals surface area contributed by atoms with Gasteiger partial charge in [-0.1, -0.05) is 0 Å². The first-order chi connectivity index (χ1) is 4.36. The Balaban J connectivity index is 2.74. The third kappa shape index (κ3) is 1.22. The summed E-state index contributed by atoms with van der Waals surface area (Å²) >= 11 is 0. The zero-order valence-electron chi connectivity index (χ0n) is 5.35. The Morgan fingerprint density at radius 1 is 1.89 bits per heavy atom. The summed E-state index contributed by atoms with van der Waals surface area (Å²) in [5.41, 5.74) is 0.992. The van der Waals surface area contributed by atoms with Crippen molar-refractivity contribution in [3.63, 3.8) is 0 Å². The van der Waals surface area contributed by atoms with Crippen LogP contribution in [0.15, 0.2) is 6.07 Å². The van der Waals surface area contributed by atoms with Gasteiger partial charge in [0.05, 0.1) is 7.11 Å². The van der Waals surface area contributed by atoms with Gasteiger partial charge in [0.1, 0.15) is 0 Å². The molecule has 0 saturated carbocycles. The van der Waals surface area contributed by atoms with Gasteiger partial charge in [0, 0.05) is 11.8 Å². The van der Waals surface area contributed by atoms with Gasteiger partial charge in [-0.2, -0.15) is 0 Å². The van der Waals surface area contributed by atoms with E-state index in [0.29, 0.717) is 5.88 Å². The molecule has 1 aromatic heterocycles. The van der Waals surface area contributed by atoms with E-state index in [9.17, 15) is 0 Å². The first kappa shape index (κ1) is 6.13. The minimum Gasteiger partial charge on any atom is -0.480 e. The molecular formula is C6H9N2O. The van der Waals surface area contributed by atoms with E-state index in [1.54, 1.807) is 7.11 Å². The van der Waals surface area contributed by atoms with Gasteiger partial charge in [-0.15, -0.1) is 5.10 Å². The molecule has 1 radical (unpaired) electrons. The fourth-order valence-electron chi connectivity index (χ4n) is 0.573. The van der Waals surface area contributed by atoms with Crippen LogP contribution in [0.5, 0.6) is 5.88 Å². The number of aromatic amines is 1. The van der Waals surface area contributed by atoms with E-state index < -0.39 is 0 Å². The standard InChI is InChI=1S/C6H9N2O/c1-3-5-4-6(9-2)8-7-5/h4H,1,3H2,2H3,(H,7,8). The summed E-state index contributed by atoms with van der Waals surface area (Å²) in [6, 6.07) is 1.83. The van der Waals surface area contributed by atoms with Crippen molar-refractivity contribution in [2.45, 2.75) is 6.42 Å². The van der Waals surface area contributed by atoms with Crippen LogP contribution in [0.4, 0.5) is 0 Å². The van der Waals surface area contributed by atoms with Crippen molar-refractivity contribution in [3.8, 4) is 5.88 Å². The maximum atomic E-state index is 4.83. The molecule has 0 amide bonds. The molecule has 3 nitrogen and oxygen atoms in total. The molecule has 1 N–H and O–H groups in total. The molecule has 3 heteroatoms. The molecule has 0 spiro atoms. The van der Waals surface area contributed by atoms with Crippen molar-refractivity contribution in [2.75, 3.05) is 7.11 Å². The lowest BCUT2D eigenvalue weighted by Gasteiger charge is -1.85. The molecule has 0 aliphatic carbocycles. The molecule has 0 atom stereocenters. The van der Waals surface area contributed by atoms with Crippen LogP contribution in [0.1, 0.15) is 5.69 Å². The zero-order chi connectivity index (χ0) is 6.69. The monoisotopic (exact) mass is 125 g/mol. The molecule has 49 valence electrons. The lowest BCUT2D eigenvalue weighted by molar-refractivity contribution is 0.397. The molecule has 9 heavy (non-hydrogen) atoms. The molecule has 1 rings (SSSR count). The van der Waals surface area contributed by atoms with E-state index >= 15 is 0 Å². The topological polar surface area (TPSA) is 37.9 Å². The maximum Gasteiger partial charge on any atom is 0.232 e. The van der Waals surface area contributed by atoms with Gasteiger partial charge in [0.2, 0.25) is 5.88 Å². The van der Waals surface area contributed by atoms with Crippen LogP contribution >= 0.6 is 0 Å². The number of hydrogen-bond donors (Lipinski definition) is 1. The number of rotatable bonds is 2. The highest BCUT2D eigenvalue weighted by atomic mass is 16.5. The zero-order valence-corrected chi connectivity index (χ0v) is 5.35. The van der Waals surface area contributed by atoms with Gasteiger partial charge in [-0.3, -0.25) is 5.10 Å². The molecular weight excluding hydrogens is 116 g/mol. The molecule has 1 aromatic rings. The van der Waals surface area contributed by atoms with Crippen LogP contribution in [0, 0.1) is 6.92 Å². The Morgan fingerprint density at radius 3 is 3.00 bits per heavy atom. The average molecular weight is 125 g/mol. The number of H-pyrrole nitrogens is 1. The molecule has 0 aromatic carbocycles. The van der Waals surface area contributed by atoms with Crippen LogP contribution in [-0.4, -0.2) is 17.3 Å². The lowest BCUT2D eigenvalue weighted by Crippen LogP contribution is -1.79. The van der Waals surface area contributed by atoms with E-state index in [-0.39, 0.29) is 0 Å². The number of nitrogens with zero attached hydrogens (tertiary/aromatic N) is 1. The maximum absolute atomic E-state index is 4.83. The van der Waals surface area contributed by atoms with Gasteiger partial charge in [-0.05, 0) is 13.3 Å². The molecule has 1 heterocycles. The first-order valence-corrected chi connectivity index (χ1v) is 2.74. The molecule has 0 fully saturated rings. The number of methoxy groups -OCH3 is 1. The average Bonchev–Trinajstić information content (AvgIpc) is 2.34. The summed E-state index contributed by atoms with van der Waals surface area (Å²) in [5, 5.41) is 6.59. The summed E-state index contributed by atoms with van der Waals surface area (Å²) in [5.74, 6) is 0.619. The van der Waals surface area contributed by atoms with Gasteiger partial charge < -0.3 is 4.74 Å². The van der Waals surface area contributed by atoms with Crippen LogP contribution in [0.2, 0.25) is 0 Å². The summed E-state index contributed by atoms with van der Waals surface area (Å²) in [6.45, 7) is 3.68. The number of nitrogens with one attached hydrogen (secondary N) is 1. The van der Waals surface area contributed by atoms with Crippen LogP contribution in [0.3, 0.4) is 0 Å². The second-order valence-electron chi connectivity index (χ2n) is 1.69. The van der Waals surface area contributed by atoms with Crippen LogP contribution in [0.25, 0.3) is 0 Å². The summed E-state index contributed by atoms with van der Waals surface area (Å²) < 4.78 is 4.83. The number of aromatic nitrogens is 2. The van der Waals surface area contributed by atoms with Crippen molar-refractivity contribution in [3.05, 3.63) is 18.7 Å². The van der Waals surface area contributed by atoms with E-state index in [4.69, 9.17) is 4.74 Å². The van der Waals surface area contributed by atoms with Gasteiger partial charge in [0.15, 0.2) is 0 Å². The summed E-state index contributed by atoms with van der Waals surface area (Å²) in [6.07, 6.45) is 0.719. The van der Waals surface area contributed by atoms with E-state index in [1.807, 2.05) is 6.07 Å². The van der Waals surface area contributed by atoms with Gasteiger partial charge >= 0.3 is 0 Å². The quantitative estimate of drug-likeness (QED) is 0.634. The molecule has 0 unspecified atom stereocenters. The highest BCUT2D eigenvalue weighted by molar-refractivity contribution is 5.13. The predicted octanol–water partition coefficient (Wildman–Crippen LogP) is 0.795. The van der Waals surface area contributed by atoms with Crippen LogP contribution in [-0.2, 0) is 6.42 Å². The smallest absolute Gasteiger partial charge is 0.232 e. The number of hydrogen-bond acceptors (Lipinski definition) is 2. The fourth-order valence-corrected chi connectivity index (χ4v) is 0.573. The summed E-state index contributed by atoms with van der Waals surface area (Å²) in [4.78, 5) is 0. The third-order valence-electron chi connectivity index (χ3n) is 1.09.